The second kappa shape index (κ2) is 16.3. The van der Waals surface area contributed by atoms with Gasteiger partial charge in [-0.3, -0.25) is 9.59 Å². The summed E-state index contributed by atoms with van der Waals surface area (Å²) in [6.45, 7) is 8.25. The van der Waals surface area contributed by atoms with Gasteiger partial charge in [0.1, 0.15) is 17.4 Å². The van der Waals surface area contributed by atoms with Crippen LogP contribution < -0.4 is 25.0 Å². The molecule has 256 valence electrons. The van der Waals surface area contributed by atoms with Gasteiger partial charge in [0.15, 0.2) is 17.6 Å². The molecule has 3 aromatic carbocycles. The minimum Gasteiger partial charge on any atom is -0.493 e. The number of thiophene rings is 1. The summed E-state index contributed by atoms with van der Waals surface area (Å²) in [5, 5.41) is 7.49. The standard InChI is InChI=1S/C38H41N3O7S/c1-6-46-38(44)34-30-17-9-24(3)19-33(30)49-37(34)40-36(43)28-13-15-29(16-14-28)48-25(4)35(42)41-39-21-27-12-18-31(32(20-27)45-5)47-22-26-10-7-23(2)8-11-26/h7-8,10-16,18,20-21,24-25H,6,9,17,19,22H2,1-5H3,(H,40,43)(H,41,42)/b39-21-/t24-,25+/m1/s1. The highest BCUT2D eigenvalue weighted by Gasteiger charge is 2.29. The maximum absolute atomic E-state index is 13.2. The van der Waals surface area contributed by atoms with Gasteiger partial charge < -0.3 is 24.3 Å². The Morgan fingerprint density at radius 3 is 2.51 bits per heavy atom. The monoisotopic (exact) mass is 683 g/mol. The Balaban J connectivity index is 1.14. The molecule has 1 aliphatic carbocycles. The molecule has 0 unspecified atom stereocenters. The van der Waals surface area contributed by atoms with Gasteiger partial charge >= 0.3 is 5.97 Å². The minimum atomic E-state index is -0.865. The van der Waals surface area contributed by atoms with Crippen molar-refractivity contribution in [2.24, 2.45) is 11.0 Å². The molecule has 2 amide bonds. The quantitative estimate of drug-likeness (QED) is 0.0874. The van der Waals surface area contributed by atoms with Crippen molar-refractivity contribution < 1.29 is 33.3 Å². The molecule has 0 saturated heterocycles. The van der Waals surface area contributed by atoms with E-state index in [1.165, 1.54) is 23.1 Å². The van der Waals surface area contributed by atoms with Crippen molar-refractivity contribution in [2.45, 2.75) is 59.7 Å². The highest BCUT2D eigenvalue weighted by Crippen LogP contribution is 2.40. The maximum atomic E-state index is 13.2. The predicted molar refractivity (Wildman–Crippen MR) is 190 cm³/mol. The van der Waals surface area contributed by atoms with Gasteiger partial charge in [-0.25, -0.2) is 10.2 Å². The normalized spacial score (nSPS) is 14.4. The topological polar surface area (TPSA) is 125 Å². The van der Waals surface area contributed by atoms with Crippen molar-refractivity contribution in [3.05, 3.63) is 105 Å². The molecule has 1 aliphatic rings. The predicted octanol–water partition coefficient (Wildman–Crippen LogP) is 7.12. The van der Waals surface area contributed by atoms with Crippen molar-refractivity contribution in [3.63, 3.8) is 0 Å². The van der Waals surface area contributed by atoms with Crippen LogP contribution in [0.15, 0.2) is 71.8 Å². The van der Waals surface area contributed by atoms with Crippen LogP contribution in [0.3, 0.4) is 0 Å². The van der Waals surface area contributed by atoms with Gasteiger partial charge in [0.2, 0.25) is 0 Å². The first kappa shape index (κ1) is 35.2. The SMILES string of the molecule is CCOC(=O)c1c(NC(=O)c2ccc(O[C@@H](C)C(=O)N/N=C\c3ccc(OCc4ccc(C)cc4)c(OC)c3)cc2)sc2c1CC[C@@H](C)C2. The van der Waals surface area contributed by atoms with Gasteiger partial charge in [0, 0.05) is 10.4 Å². The highest BCUT2D eigenvalue weighted by atomic mass is 32.1. The first-order valence-electron chi connectivity index (χ1n) is 16.2. The number of hydrazone groups is 1. The Kier molecular flexibility index (Phi) is 11.7. The Morgan fingerprint density at radius 2 is 1.80 bits per heavy atom. The Morgan fingerprint density at radius 1 is 1.04 bits per heavy atom. The van der Waals surface area contributed by atoms with Gasteiger partial charge in [-0.15, -0.1) is 11.3 Å². The fourth-order valence-corrected chi connectivity index (χ4v) is 6.76. The van der Waals surface area contributed by atoms with E-state index in [2.05, 4.69) is 22.8 Å². The third kappa shape index (κ3) is 9.05. The van der Waals surface area contributed by atoms with Gasteiger partial charge in [-0.05, 0) is 105 Å². The number of ether oxygens (including phenoxy) is 4. The molecule has 0 fully saturated rings. The molecule has 5 rings (SSSR count). The lowest BCUT2D eigenvalue weighted by atomic mass is 9.88. The molecular weight excluding hydrogens is 642 g/mol. The van der Waals surface area contributed by atoms with E-state index in [-0.39, 0.29) is 12.5 Å². The number of carbonyl (C=O) groups is 3. The summed E-state index contributed by atoms with van der Waals surface area (Å²) in [5.74, 6) is 0.836. The molecule has 0 spiro atoms. The van der Waals surface area contributed by atoms with Crippen molar-refractivity contribution in [3.8, 4) is 17.2 Å². The number of amides is 2. The molecule has 49 heavy (non-hydrogen) atoms. The number of anilines is 1. The van der Waals surface area contributed by atoms with Crippen LogP contribution in [-0.4, -0.2) is 43.8 Å². The van der Waals surface area contributed by atoms with Gasteiger partial charge in [0.05, 0.1) is 25.5 Å². The summed E-state index contributed by atoms with van der Waals surface area (Å²) in [6.07, 6.45) is 3.28. The zero-order valence-corrected chi connectivity index (χ0v) is 29.1. The smallest absolute Gasteiger partial charge is 0.341 e. The lowest BCUT2D eigenvalue weighted by Gasteiger charge is -2.18. The number of carbonyl (C=O) groups excluding carboxylic acids is 3. The molecule has 11 heteroatoms. The number of fused-ring (bicyclic) bond motifs is 1. The van der Waals surface area contributed by atoms with Gasteiger partial charge in [-0.2, -0.15) is 5.10 Å². The number of nitrogens with zero attached hydrogens (tertiary/aromatic N) is 1. The Bertz CT molecular complexity index is 1820. The average Bonchev–Trinajstić information content (AvgIpc) is 3.45. The van der Waals surface area contributed by atoms with E-state index < -0.39 is 18.0 Å². The van der Waals surface area contributed by atoms with E-state index in [4.69, 9.17) is 18.9 Å². The largest absolute Gasteiger partial charge is 0.493 e. The fraction of sp³-hybridized carbons (Fsp3) is 0.316. The molecule has 4 aromatic rings. The summed E-state index contributed by atoms with van der Waals surface area (Å²) in [5.41, 5.74) is 7.25. The maximum Gasteiger partial charge on any atom is 0.341 e. The molecule has 0 bridgehead atoms. The van der Waals surface area contributed by atoms with Gasteiger partial charge in [-0.1, -0.05) is 36.8 Å². The van der Waals surface area contributed by atoms with Crippen LogP contribution in [-0.2, 0) is 29.0 Å². The van der Waals surface area contributed by atoms with Crippen LogP contribution in [0, 0.1) is 12.8 Å². The second-order valence-corrected chi connectivity index (χ2v) is 13.0. The summed E-state index contributed by atoms with van der Waals surface area (Å²) in [7, 11) is 1.56. The third-order valence-corrected chi connectivity index (χ3v) is 9.28. The summed E-state index contributed by atoms with van der Waals surface area (Å²) >= 11 is 1.44. The molecule has 2 atom stereocenters. The molecule has 2 N–H and O–H groups in total. The van der Waals surface area contributed by atoms with Crippen LogP contribution in [0.25, 0.3) is 0 Å². The Hall–Kier alpha value is -5.16. The fourth-order valence-electron chi connectivity index (χ4n) is 5.37. The molecular formula is C38H41N3O7S. The lowest BCUT2D eigenvalue weighted by Crippen LogP contribution is -2.33. The van der Waals surface area contributed by atoms with E-state index in [1.54, 1.807) is 57.4 Å². The molecule has 0 saturated carbocycles. The Labute approximate surface area is 290 Å². The zero-order chi connectivity index (χ0) is 34.9. The van der Waals surface area contributed by atoms with Crippen LogP contribution in [0.4, 0.5) is 5.00 Å². The lowest BCUT2D eigenvalue weighted by molar-refractivity contribution is -0.127. The number of nitrogens with one attached hydrogen (secondary N) is 2. The number of hydrogen-bond donors (Lipinski definition) is 2. The molecule has 1 aromatic heterocycles. The summed E-state index contributed by atoms with van der Waals surface area (Å²) < 4.78 is 22.5. The van der Waals surface area contributed by atoms with E-state index in [1.807, 2.05) is 37.3 Å². The van der Waals surface area contributed by atoms with Crippen LogP contribution >= 0.6 is 11.3 Å². The number of benzene rings is 3. The molecule has 0 radical (unpaired) electrons. The zero-order valence-electron chi connectivity index (χ0n) is 28.3. The molecule has 0 aliphatic heterocycles. The first-order chi connectivity index (χ1) is 23.6. The number of hydrogen-bond acceptors (Lipinski definition) is 9. The van der Waals surface area contributed by atoms with Gasteiger partial charge in [0.25, 0.3) is 11.8 Å². The summed E-state index contributed by atoms with van der Waals surface area (Å²) in [6, 6.07) is 19.9. The van der Waals surface area contributed by atoms with Crippen LogP contribution in [0.2, 0.25) is 0 Å². The minimum absolute atomic E-state index is 0.256. The number of esters is 1. The van der Waals surface area contributed by atoms with E-state index in [0.29, 0.717) is 51.5 Å². The highest BCUT2D eigenvalue weighted by molar-refractivity contribution is 7.17. The molecule has 10 nitrogen and oxygen atoms in total. The molecule has 1 heterocycles. The summed E-state index contributed by atoms with van der Waals surface area (Å²) in [4.78, 5) is 39.8. The van der Waals surface area contributed by atoms with Crippen molar-refractivity contribution in [1.29, 1.82) is 0 Å². The van der Waals surface area contributed by atoms with E-state index >= 15 is 0 Å². The van der Waals surface area contributed by atoms with Crippen LogP contribution in [0.1, 0.15) is 75.0 Å². The third-order valence-electron chi connectivity index (χ3n) is 8.11. The van der Waals surface area contributed by atoms with Crippen LogP contribution in [0.5, 0.6) is 17.2 Å². The average molecular weight is 684 g/mol. The van der Waals surface area contributed by atoms with Crippen molar-refractivity contribution in [1.82, 2.24) is 5.43 Å². The number of methoxy groups -OCH3 is 1. The van der Waals surface area contributed by atoms with Crippen molar-refractivity contribution in [2.75, 3.05) is 19.0 Å². The van der Waals surface area contributed by atoms with E-state index in [9.17, 15) is 14.4 Å². The number of rotatable bonds is 13. The number of aryl methyl sites for hydroxylation is 1. The van der Waals surface area contributed by atoms with E-state index in [0.717, 1.165) is 35.3 Å². The second-order valence-electron chi connectivity index (χ2n) is 11.9. The first-order valence-corrected chi connectivity index (χ1v) is 17.1. The van der Waals surface area contributed by atoms with Crippen molar-refractivity contribution >= 4 is 40.3 Å².